The number of hydrogen-bond acceptors (Lipinski definition) is 15. The van der Waals surface area contributed by atoms with Gasteiger partial charge in [0.1, 0.15) is 19.3 Å². The van der Waals surface area contributed by atoms with Crippen LogP contribution in [-0.2, 0) is 65.4 Å². The average Bonchev–Trinajstić information content (AvgIpc) is 3.48. The summed E-state index contributed by atoms with van der Waals surface area (Å²) in [4.78, 5) is 72.7. The molecule has 19 heteroatoms. The molecule has 0 aliphatic carbocycles. The number of carbonyl (C=O) groups is 4. The lowest BCUT2D eigenvalue weighted by molar-refractivity contribution is -0.161. The van der Waals surface area contributed by atoms with Gasteiger partial charge in [0.15, 0.2) is 12.2 Å². The minimum absolute atomic E-state index is 0.104. The van der Waals surface area contributed by atoms with Crippen molar-refractivity contribution in [3.05, 3.63) is 0 Å². The van der Waals surface area contributed by atoms with Gasteiger partial charge >= 0.3 is 39.5 Å². The summed E-state index contributed by atoms with van der Waals surface area (Å²) in [6, 6.07) is 0. The number of aliphatic hydroxyl groups excluding tert-OH is 1. The summed E-state index contributed by atoms with van der Waals surface area (Å²) in [5, 5.41) is 10.6. The quantitative estimate of drug-likeness (QED) is 0.0222. The molecule has 0 aromatic heterocycles. The molecule has 0 saturated carbocycles. The SMILES string of the molecule is CCC(C)CCCCCCCCCCCCCCCCC(=O)OC[C@H](COP(=O)(O)OCC(O)COP(=O)(O)OC[C@@H](COC(=O)CCCCCCCCCC(C)C)OC(=O)CCCCCCCCCCCCC(C)CC)OC(=O)CCCCCCCCCCC(C)C. The van der Waals surface area contributed by atoms with E-state index >= 15 is 0 Å². The second kappa shape index (κ2) is 63.5. The van der Waals surface area contributed by atoms with Gasteiger partial charge in [0.05, 0.1) is 26.4 Å². The Morgan fingerprint density at radius 3 is 0.763 bits per heavy atom. The maximum absolute atomic E-state index is 13.0. The van der Waals surface area contributed by atoms with Crippen LogP contribution in [0.15, 0.2) is 0 Å². The Morgan fingerprint density at radius 2 is 0.516 bits per heavy atom. The van der Waals surface area contributed by atoms with Gasteiger partial charge in [0.2, 0.25) is 0 Å². The van der Waals surface area contributed by atoms with Gasteiger partial charge in [-0.05, 0) is 49.4 Å². The highest BCUT2D eigenvalue weighted by molar-refractivity contribution is 7.47. The number of phosphoric ester groups is 2. The standard InChI is InChI=1S/C74H144O17P2/c1-9-66(7)52-44-36-28-19-15-13-11-12-14-16-21-30-38-46-54-71(76)84-60-69(91-74(79)57-49-41-32-24-23-26-34-42-50-64(3)4)62-88-92(80,81)86-58-68(75)59-87-93(82,83)89-63-70(61-85-72(77)55-47-39-33-25-27-35-43-51-65(5)6)90-73(78)56-48-40-31-22-18-17-20-29-37-45-53-67(8)10-2/h64-70,75H,9-63H2,1-8H3,(H,80,81)(H,82,83)/t66?,67?,68?,69-,70-/m1/s1. The molecule has 0 aliphatic rings. The molecule has 5 unspecified atom stereocenters. The van der Waals surface area contributed by atoms with Gasteiger partial charge in [-0.2, -0.15) is 0 Å². The van der Waals surface area contributed by atoms with Crippen molar-refractivity contribution < 1.29 is 80.2 Å². The molecule has 93 heavy (non-hydrogen) atoms. The zero-order valence-electron chi connectivity index (χ0n) is 60.9. The second-order valence-corrected chi connectivity index (χ2v) is 31.0. The first-order chi connectivity index (χ1) is 44.7. The lowest BCUT2D eigenvalue weighted by Crippen LogP contribution is -2.30. The monoisotopic (exact) mass is 1370 g/mol. The molecule has 3 N–H and O–H groups in total. The number of aliphatic hydroxyl groups is 1. The highest BCUT2D eigenvalue weighted by Crippen LogP contribution is 2.45. The van der Waals surface area contributed by atoms with Gasteiger partial charge in [0, 0.05) is 25.7 Å². The van der Waals surface area contributed by atoms with Crippen LogP contribution >= 0.6 is 15.6 Å². The highest BCUT2D eigenvalue weighted by Gasteiger charge is 2.30. The Labute approximate surface area is 568 Å². The normalized spacial score (nSPS) is 14.8. The first kappa shape index (κ1) is 91.1. The lowest BCUT2D eigenvalue weighted by Gasteiger charge is -2.21. The number of unbranched alkanes of at least 4 members (excludes halogenated alkanes) is 35. The molecule has 552 valence electrons. The molecule has 0 aliphatic heterocycles. The molecule has 0 bridgehead atoms. The van der Waals surface area contributed by atoms with E-state index in [1.54, 1.807) is 0 Å². The van der Waals surface area contributed by atoms with Crippen molar-refractivity contribution in [1.82, 2.24) is 0 Å². The van der Waals surface area contributed by atoms with Crippen LogP contribution in [0.3, 0.4) is 0 Å². The van der Waals surface area contributed by atoms with Crippen molar-refractivity contribution >= 4 is 39.5 Å². The second-order valence-electron chi connectivity index (χ2n) is 28.1. The molecule has 0 radical (unpaired) electrons. The topological polar surface area (TPSA) is 237 Å². The van der Waals surface area contributed by atoms with Crippen LogP contribution in [0.25, 0.3) is 0 Å². The average molecular weight is 1370 g/mol. The van der Waals surface area contributed by atoms with E-state index in [1.807, 2.05) is 0 Å². The summed E-state index contributed by atoms with van der Waals surface area (Å²) >= 11 is 0. The molecule has 0 heterocycles. The lowest BCUT2D eigenvalue weighted by atomic mass is 9.99. The third-order valence-electron chi connectivity index (χ3n) is 17.8. The molecule has 0 fully saturated rings. The van der Waals surface area contributed by atoms with Crippen LogP contribution in [0, 0.1) is 23.7 Å². The minimum atomic E-state index is -4.96. The van der Waals surface area contributed by atoms with E-state index in [1.165, 1.54) is 167 Å². The Bertz CT molecular complexity index is 1840. The van der Waals surface area contributed by atoms with E-state index in [-0.39, 0.29) is 25.7 Å². The summed E-state index contributed by atoms with van der Waals surface area (Å²) in [6.45, 7) is 14.2. The molecule has 0 amide bonds. The summed E-state index contributed by atoms with van der Waals surface area (Å²) in [5.74, 6) is 0.950. The Morgan fingerprint density at radius 1 is 0.301 bits per heavy atom. The molecule has 0 spiro atoms. The summed E-state index contributed by atoms with van der Waals surface area (Å²) in [7, 11) is -9.91. The van der Waals surface area contributed by atoms with Crippen molar-refractivity contribution in [2.45, 2.75) is 388 Å². The summed E-state index contributed by atoms with van der Waals surface area (Å²) in [5.41, 5.74) is 0. The number of carbonyl (C=O) groups excluding carboxylic acids is 4. The largest absolute Gasteiger partial charge is 0.472 e. The van der Waals surface area contributed by atoms with Crippen molar-refractivity contribution in [2.24, 2.45) is 23.7 Å². The van der Waals surface area contributed by atoms with Gasteiger partial charge in [0.25, 0.3) is 0 Å². The summed E-state index contributed by atoms with van der Waals surface area (Å²) < 4.78 is 68.4. The van der Waals surface area contributed by atoms with Crippen LogP contribution in [0.4, 0.5) is 0 Å². The van der Waals surface area contributed by atoms with Crippen molar-refractivity contribution in [1.29, 1.82) is 0 Å². The van der Waals surface area contributed by atoms with Gasteiger partial charge in [-0.3, -0.25) is 37.3 Å². The fraction of sp³-hybridized carbons (Fsp3) is 0.946. The maximum atomic E-state index is 13.0. The van der Waals surface area contributed by atoms with Crippen molar-refractivity contribution in [3.8, 4) is 0 Å². The molecule has 17 nitrogen and oxygen atoms in total. The van der Waals surface area contributed by atoms with E-state index in [4.69, 9.17) is 37.0 Å². The fourth-order valence-corrected chi connectivity index (χ4v) is 12.7. The molecule has 7 atom stereocenters. The van der Waals surface area contributed by atoms with Crippen LogP contribution in [0.2, 0.25) is 0 Å². The number of hydrogen-bond donors (Lipinski definition) is 3. The fourth-order valence-electron chi connectivity index (χ4n) is 11.1. The van der Waals surface area contributed by atoms with Gasteiger partial charge in [-0.15, -0.1) is 0 Å². The van der Waals surface area contributed by atoms with Gasteiger partial charge < -0.3 is 33.8 Å². The van der Waals surface area contributed by atoms with E-state index in [0.717, 1.165) is 114 Å². The van der Waals surface area contributed by atoms with E-state index < -0.39 is 97.5 Å². The first-order valence-corrected chi connectivity index (χ1v) is 41.3. The first-order valence-electron chi connectivity index (χ1n) is 38.3. The number of phosphoric acid groups is 2. The Kier molecular flexibility index (Phi) is 62.2. The van der Waals surface area contributed by atoms with E-state index in [2.05, 4.69) is 55.4 Å². The molecule has 0 rings (SSSR count). The molecular formula is C74H144O17P2. The number of rotatable bonds is 71. The number of esters is 4. The third kappa shape index (κ3) is 65.8. The highest BCUT2D eigenvalue weighted by atomic mass is 31.2. The van der Waals surface area contributed by atoms with E-state index in [0.29, 0.717) is 31.6 Å². The Hall–Kier alpha value is -1.94. The predicted octanol–water partition coefficient (Wildman–Crippen LogP) is 21.3. The zero-order valence-corrected chi connectivity index (χ0v) is 62.7. The molecule has 0 aromatic rings. The Balaban J connectivity index is 5.22. The zero-order chi connectivity index (χ0) is 68.9. The van der Waals surface area contributed by atoms with Crippen molar-refractivity contribution in [2.75, 3.05) is 39.6 Å². The van der Waals surface area contributed by atoms with Gasteiger partial charge in [-0.25, -0.2) is 9.13 Å². The van der Waals surface area contributed by atoms with Crippen LogP contribution in [-0.4, -0.2) is 96.7 Å². The predicted molar refractivity (Wildman–Crippen MR) is 377 cm³/mol. The van der Waals surface area contributed by atoms with Crippen molar-refractivity contribution in [3.63, 3.8) is 0 Å². The molecule has 0 aromatic carbocycles. The van der Waals surface area contributed by atoms with Crippen LogP contribution in [0.1, 0.15) is 370 Å². The van der Waals surface area contributed by atoms with Crippen LogP contribution in [0.5, 0.6) is 0 Å². The molecule has 0 saturated heterocycles. The smallest absolute Gasteiger partial charge is 0.462 e. The minimum Gasteiger partial charge on any atom is -0.462 e. The maximum Gasteiger partial charge on any atom is 0.472 e. The van der Waals surface area contributed by atoms with Gasteiger partial charge in [-0.1, -0.05) is 319 Å². The third-order valence-corrected chi connectivity index (χ3v) is 19.7. The molecular weight excluding hydrogens is 1220 g/mol. The van der Waals surface area contributed by atoms with Crippen LogP contribution < -0.4 is 0 Å². The van der Waals surface area contributed by atoms with E-state index in [9.17, 15) is 43.2 Å². The number of ether oxygens (including phenoxy) is 4. The summed E-state index contributed by atoms with van der Waals surface area (Å²) in [6.07, 6.45) is 47.2.